The van der Waals surface area contributed by atoms with Crippen molar-refractivity contribution >= 4 is 28.5 Å². The molecule has 0 radical (unpaired) electrons. The average Bonchev–Trinajstić information content (AvgIpc) is 3.11. The van der Waals surface area contributed by atoms with Gasteiger partial charge < -0.3 is 19.4 Å². The minimum Gasteiger partial charge on any atom is -0.492 e. The van der Waals surface area contributed by atoms with Crippen LogP contribution in [0, 0.1) is 0 Å². The number of fused-ring (bicyclic) bond motifs is 1. The van der Waals surface area contributed by atoms with Crippen LogP contribution in [0.4, 0.5) is 5.69 Å². The first-order valence-corrected chi connectivity index (χ1v) is 8.65. The smallest absolute Gasteiger partial charge is 0.289 e. The molecule has 3 N–H and O–H groups in total. The molecule has 2 amide bonds. The zero-order valence-electron chi connectivity index (χ0n) is 15.6. The molecule has 0 aliphatic rings. The third-order valence-corrected chi connectivity index (χ3v) is 4.10. The quantitative estimate of drug-likeness (QED) is 0.329. The van der Waals surface area contributed by atoms with Crippen LogP contribution >= 0.6 is 0 Å². The van der Waals surface area contributed by atoms with Gasteiger partial charge in [0, 0.05) is 25.0 Å². The van der Waals surface area contributed by atoms with Gasteiger partial charge in [-0.25, -0.2) is 5.48 Å². The predicted molar refractivity (Wildman–Crippen MR) is 104 cm³/mol. The molecule has 1 heterocycles. The number of carbonyl (C=O) groups is 2. The highest BCUT2D eigenvalue weighted by Gasteiger charge is 2.21. The highest BCUT2D eigenvalue weighted by molar-refractivity contribution is 6.06. The lowest BCUT2D eigenvalue weighted by atomic mass is 10.2. The number of carbonyl (C=O) groups excluding carboxylic acids is 2. The van der Waals surface area contributed by atoms with E-state index in [0.717, 1.165) is 11.1 Å². The van der Waals surface area contributed by atoms with Crippen LogP contribution in [0.15, 0.2) is 52.9 Å². The van der Waals surface area contributed by atoms with E-state index in [9.17, 15) is 9.59 Å². The number of hydroxylamine groups is 1. The fourth-order valence-corrected chi connectivity index (χ4v) is 2.81. The molecule has 0 saturated heterocycles. The van der Waals surface area contributed by atoms with E-state index >= 15 is 0 Å². The first-order valence-electron chi connectivity index (χ1n) is 8.65. The molecule has 3 rings (SSSR count). The van der Waals surface area contributed by atoms with E-state index < -0.39 is 5.91 Å². The monoisotopic (exact) mass is 383 g/mol. The van der Waals surface area contributed by atoms with Gasteiger partial charge in [0.2, 0.25) is 5.76 Å². The van der Waals surface area contributed by atoms with Crippen LogP contribution in [0.25, 0.3) is 11.0 Å². The van der Waals surface area contributed by atoms with Crippen LogP contribution in [-0.4, -0.2) is 44.3 Å². The van der Waals surface area contributed by atoms with Crippen molar-refractivity contribution in [1.82, 2.24) is 10.8 Å². The summed E-state index contributed by atoms with van der Waals surface area (Å²) >= 11 is 0. The number of nitrogens with one attached hydrogen (secondary N) is 2. The Morgan fingerprint density at radius 1 is 1.07 bits per heavy atom. The van der Waals surface area contributed by atoms with Crippen LogP contribution in [0.2, 0.25) is 0 Å². The Kier molecular flexibility index (Phi) is 5.81. The lowest BCUT2D eigenvalue weighted by Crippen LogP contribution is -2.29. The molecule has 0 atom stereocenters. The Bertz CT molecular complexity index is 979. The first kappa shape index (κ1) is 19.2. The number of ether oxygens (including phenoxy) is 1. The van der Waals surface area contributed by atoms with Gasteiger partial charge in [-0.1, -0.05) is 12.1 Å². The van der Waals surface area contributed by atoms with Crippen molar-refractivity contribution in [3.63, 3.8) is 0 Å². The summed E-state index contributed by atoms with van der Waals surface area (Å²) in [7, 11) is 3.72. The van der Waals surface area contributed by atoms with E-state index in [-0.39, 0.29) is 24.8 Å². The summed E-state index contributed by atoms with van der Waals surface area (Å²) in [5.74, 6) is -0.119. The number of rotatable bonds is 7. The number of anilines is 1. The SMILES string of the molecule is CN(C)c1c(C(=O)NCCOc2ccc(C(=O)NO)cc2)oc2ccccc12. The molecule has 8 heteroatoms. The number of amides is 2. The first-order chi connectivity index (χ1) is 13.5. The van der Waals surface area contributed by atoms with Crippen LogP contribution in [0.5, 0.6) is 5.75 Å². The Labute approximate surface area is 161 Å². The number of hydrogen-bond acceptors (Lipinski definition) is 6. The number of para-hydroxylation sites is 1. The molecule has 0 saturated carbocycles. The maximum absolute atomic E-state index is 12.5. The second kappa shape index (κ2) is 8.45. The molecule has 146 valence electrons. The molecular formula is C20H21N3O5. The summed E-state index contributed by atoms with van der Waals surface area (Å²) in [4.78, 5) is 25.7. The fourth-order valence-electron chi connectivity index (χ4n) is 2.81. The van der Waals surface area contributed by atoms with Gasteiger partial charge in [-0.05, 0) is 36.4 Å². The largest absolute Gasteiger partial charge is 0.492 e. The Hall–Kier alpha value is -3.52. The molecular weight excluding hydrogens is 362 g/mol. The van der Waals surface area contributed by atoms with Crippen molar-refractivity contribution in [3.05, 3.63) is 59.9 Å². The zero-order valence-corrected chi connectivity index (χ0v) is 15.6. The van der Waals surface area contributed by atoms with E-state index in [4.69, 9.17) is 14.4 Å². The number of hydrogen-bond donors (Lipinski definition) is 3. The second-order valence-electron chi connectivity index (χ2n) is 6.24. The Morgan fingerprint density at radius 2 is 1.79 bits per heavy atom. The molecule has 0 aliphatic carbocycles. The van der Waals surface area contributed by atoms with Crippen molar-refractivity contribution in [1.29, 1.82) is 0 Å². The van der Waals surface area contributed by atoms with Crippen LogP contribution in [0.1, 0.15) is 20.9 Å². The van der Waals surface area contributed by atoms with Crippen molar-refractivity contribution in [2.45, 2.75) is 0 Å². The summed E-state index contributed by atoms with van der Waals surface area (Å²) < 4.78 is 11.3. The summed E-state index contributed by atoms with van der Waals surface area (Å²) in [6.07, 6.45) is 0. The van der Waals surface area contributed by atoms with Crippen molar-refractivity contribution in [3.8, 4) is 5.75 Å². The molecule has 0 spiro atoms. The molecule has 3 aromatic rings. The minimum atomic E-state index is -0.596. The van der Waals surface area contributed by atoms with E-state index in [2.05, 4.69) is 5.32 Å². The summed E-state index contributed by atoms with van der Waals surface area (Å²) in [6.45, 7) is 0.524. The van der Waals surface area contributed by atoms with Gasteiger partial charge in [0.15, 0.2) is 0 Å². The molecule has 8 nitrogen and oxygen atoms in total. The van der Waals surface area contributed by atoms with Gasteiger partial charge in [-0.2, -0.15) is 0 Å². The van der Waals surface area contributed by atoms with Crippen molar-refractivity contribution < 1.29 is 24.0 Å². The van der Waals surface area contributed by atoms with E-state index in [1.54, 1.807) is 17.6 Å². The third kappa shape index (κ3) is 4.07. The molecule has 0 unspecified atom stereocenters. The number of furan rings is 1. The van der Waals surface area contributed by atoms with Gasteiger partial charge in [-0.3, -0.25) is 14.8 Å². The van der Waals surface area contributed by atoms with Gasteiger partial charge in [0.1, 0.15) is 17.9 Å². The average molecular weight is 383 g/mol. The highest BCUT2D eigenvalue weighted by atomic mass is 16.5. The predicted octanol–water partition coefficient (Wildman–Crippen LogP) is 2.43. The molecule has 0 bridgehead atoms. The van der Waals surface area contributed by atoms with E-state index in [1.807, 2.05) is 43.3 Å². The molecule has 2 aromatic carbocycles. The Morgan fingerprint density at radius 3 is 2.46 bits per heavy atom. The molecule has 0 aliphatic heterocycles. The highest BCUT2D eigenvalue weighted by Crippen LogP contribution is 2.32. The van der Waals surface area contributed by atoms with Crippen LogP contribution in [-0.2, 0) is 0 Å². The maximum atomic E-state index is 12.5. The van der Waals surface area contributed by atoms with Crippen LogP contribution in [0.3, 0.4) is 0 Å². The lowest BCUT2D eigenvalue weighted by Gasteiger charge is -2.13. The summed E-state index contributed by atoms with van der Waals surface area (Å²) in [5, 5.41) is 12.3. The normalized spacial score (nSPS) is 10.5. The van der Waals surface area contributed by atoms with Gasteiger partial charge in [-0.15, -0.1) is 0 Å². The summed E-state index contributed by atoms with van der Waals surface area (Å²) in [5.41, 5.74) is 3.25. The van der Waals surface area contributed by atoms with Crippen LogP contribution < -0.4 is 20.4 Å². The van der Waals surface area contributed by atoms with Gasteiger partial charge in [0.05, 0.1) is 12.2 Å². The van der Waals surface area contributed by atoms with Gasteiger partial charge >= 0.3 is 0 Å². The van der Waals surface area contributed by atoms with Crippen molar-refractivity contribution in [2.75, 3.05) is 32.1 Å². The lowest BCUT2D eigenvalue weighted by molar-refractivity contribution is 0.0706. The van der Waals surface area contributed by atoms with E-state index in [1.165, 1.54) is 12.1 Å². The summed E-state index contributed by atoms with van der Waals surface area (Å²) in [6, 6.07) is 13.8. The zero-order chi connectivity index (χ0) is 20.1. The molecule has 0 fully saturated rings. The number of nitrogens with zero attached hydrogens (tertiary/aromatic N) is 1. The molecule has 1 aromatic heterocycles. The van der Waals surface area contributed by atoms with Gasteiger partial charge in [0.25, 0.3) is 11.8 Å². The maximum Gasteiger partial charge on any atom is 0.289 e. The third-order valence-electron chi connectivity index (χ3n) is 4.10. The topological polar surface area (TPSA) is 104 Å². The molecule has 28 heavy (non-hydrogen) atoms. The van der Waals surface area contributed by atoms with Crippen molar-refractivity contribution in [2.24, 2.45) is 0 Å². The standard InChI is InChI=1S/C20H21N3O5/c1-23(2)17-15-5-3-4-6-16(15)28-18(17)20(25)21-11-12-27-14-9-7-13(8-10-14)19(24)22-26/h3-10,26H,11-12H2,1-2H3,(H,21,25)(H,22,24). The number of benzene rings is 2. The minimum absolute atomic E-state index is 0.245. The second-order valence-corrected chi connectivity index (χ2v) is 6.24. The Balaban J connectivity index is 1.58. The van der Waals surface area contributed by atoms with E-state index in [0.29, 0.717) is 16.9 Å². The fraction of sp³-hybridized carbons (Fsp3) is 0.200.